The first-order chi connectivity index (χ1) is 10.7. The van der Waals surface area contributed by atoms with Gasteiger partial charge in [-0.3, -0.25) is 0 Å². The first-order valence-electron chi connectivity index (χ1n) is 7.15. The molecule has 110 valence electrons. The molecule has 3 heterocycles. The third-order valence-corrected chi connectivity index (χ3v) is 3.77. The number of aromatic nitrogens is 2. The number of hydrogen-bond donors (Lipinski definition) is 2. The highest BCUT2D eigenvalue weighted by Gasteiger charge is 2.18. The minimum Gasteiger partial charge on any atom is -0.462 e. The summed E-state index contributed by atoms with van der Waals surface area (Å²) in [4.78, 5) is 0. The first-order valence-corrected chi connectivity index (χ1v) is 7.15. The number of nitrogens with zero attached hydrogens (tertiary/aromatic N) is 2. The van der Waals surface area contributed by atoms with E-state index in [4.69, 9.17) is 10.2 Å². The second-order valence-corrected chi connectivity index (χ2v) is 5.40. The van der Waals surface area contributed by atoms with Crippen molar-refractivity contribution in [2.75, 3.05) is 17.6 Å². The molecule has 3 N–H and O–H groups in total. The van der Waals surface area contributed by atoms with Gasteiger partial charge in [-0.25, -0.2) is 4.68 Å². The van der Waals surface area contributed by atoms with Crippen LogP contribution in [0, 0.1) is 6.92 Å². The molecule has 0 saturated carbocycles. The van der Waals surface area contributed by atoms with Crippen molar-refractivity contribution in [2.45, 2.75) is 6.92 Å². The van der Waals surface area contributed by atoms with Crippen molar-refractivity contribution >= 4 is 23.3 Å². The van der Waals surface area contributed by atoms with Crippen molar-refractivity contribution in [1.82, 2.24) is 9.78 Å². The number of hydrogen-bond acceptors (Lipinski definition) is 4. The highest BCUT2D eigenvalue weighted by Crippen LogP contribution is 2.33. The molecule has 0 unspecified atom stereocenters. The Morgan fingerprint density at radius 2 is 2.18 bits per heavy atom. The summed E-state index contributed by atoms with van der Waals surface area (Å²) < 4.78 is 7.52. The summed E-state index contributed by atoms with van der Waals surface area (Å²) in [6, 6.07) is 11.8. The Labute approximate surface area is 128 Å². The Balaban J connectivity index is 1.75. The van der Waals surface area contributed by atoms with E-state index in [1.54, 1.807) is 0 Å². The second-order valence-electron chi connectivity index (χ2n) is 5.40. The predicted molar refractivity (Wildman–Crippen MR) is 88.2 cm³/mol. The molecule has 3 aromatic rings. The zero-order valence-corrected chi connectivity index (χ0v) is 12.2. The third-order valence-electron chi connectivity index (χ3n) is 3.77. The summed E-state index contributed by atoms with van der Waals surface area (Å²) in [5.74, 6) is 2.75. The lowest BCUT2D eigenvalue weighted by atomic mass is 10.1. The molecule has 2 aromatic heterocycles. The van der Waals surface area contributed by atoms with Crippen LogP contribution in [0.15, 0.2) is 47.0 Å². The highest BCUT2D eigenvalue weighted by atomic mass is 16.3. The molecule has 0 fully saturated rings. The summed E-state index contributed by atoms with van der Waals surface area (Å²) in [5.41, 5.74) is 9.78. The van der Waals surface area contributed by atoms with Gasteiger partial charge in [0.1, 0.15) is 17.3 Å². The lowest BCUT2D eigenvalue weighted by Crippen LogP contribution is -2.14. The molecule has 0 aliphatic carbocycles. The number of furan rings is 1. The van der Waals surface area contributed by atoms with E-state index >= 15 is 0 Å². The normalized spacial score (nSPS) is 13.4. The van der Waals surface area contributed by atoms with Crippen LogP contribution in [0.3, 0.4) is 0 Å². The number of fused-ring (bicyclic) bond motifs is 1. The average Bonchev–Trinajstić information content (AvgIpc) is 3.12. The summed E-state index contributed by atoms with van der Waals surface area (Å²) in [7, 11) is 0. The van der Waals surface area contributed by atoms with Gasteiger partial charge in [0.15, 0.2) is 0 Å². The van der Waals surface area contributed by atoms with Crippen LogP contribution >= 0.6 is 0 Å². The fraction of sp³-hybridized carbons (Fsp3) is 0.118. The van der Waals surface area contributed by atoms with E-state index in [-0.39, 0.29) is 0 Å². The van der Waals surface area contributed by atoms with Gasteiger partial charge in [-0.2, -0.15) is 5.10 Å². The number of nitrogens with one attached hydrogen (secondary N) is 1. The van der Waals surface area contributed by atoms with Gasteiger partial charge < -0.3 is 15.5 Å². The van der Waals surface area contributed by atoms with Gasteiger partial charge in [0.25, 0.3) is 0 Å². The predicted octanol–water partition coefficient (Wildman–Crippen LogP) is 3.46. The van der Waals surface area contributed by atoms with Crippen molar-refractivity contribution in [2.24, 2.45) is 0 Å². The standard InChI is InChI=1S/C17H16N4O/c1-11-5-6-16(22-11)13-8-19-17-15(9-20-21(17)10-13)12-3-2-4-14(18)7-12/h2-7,9-10,19H,8,18H2,1H3. The van der Waals surface area contributed by atoms with Crippen molar-refractivity contribution in [3.63, 3.8) is 0 Å². The summed E-state index contributed by atoms with van der Waals surface area (Å²) in [6.07, 6.45) is 3.85. The number of aryl methyl sites for hydroxylation is 1. The minimum atomic E-state index is 0.702. The number of nitrogen functional groups attached to an aromatic ring is 1. The highest BCUT2D eigenvalue weighted by molar-refractivity contribution is 5.85. The Bertz CT molecular complexity index is 872. The number of benzene rings is 1. The van der Waals surface area contributed by atoms with Gasteiger partial charge >= 0.3 is 0 Å². The van der Waals surface area contributed by atoms with E-state index in [1.165, 1.54) is 0 Å². The molecule has 5 nitrogen and oxygen atoms in total. The summed E-state index contributed by atoms with van der Waals surface area (Å²) in [6.45, 7) is 2.64. The van der Waals surface area contributed by atoms with Crippen LogP contribution in [-0.4, -0.2) is 16.3 Å². The van der Waals surface area contributed by atoms with Crippen molar-refractivity contribution in [1.29, 1.82) is 0 Å². The maximum atomic E-state index is 5.87. The summed E-state index contributed by atoms with van der Waals surface area (Å²) in [5, 5.41) is 7.86. The Morgan fingerprint density at radius 3 is 2.95 bits per heavy atom. The zero-order chi connectivity index (χ0) is 15.1. The second kappa shape index (κ2) is 4.80. The zero-order valence-electron chi connectivity index (χ0n) is 12.2. The first kappa shape index (κ1) is 12.8. The maximum Gasteiger partial charge on any atom is 0.137 e. The molecule has 0 spiro atoms. The van der Waals surface area contributed by atoms with E-state index in [0.29, 0.717) is 6.54 Å². The molecular formula is C17H16N4O. The smallest absolute Gasteiger partial charge is 0.137 e. The van der Waals surface area contributed by atoms with Gasteiger partial charge in [-0.15, -0.1) is 0 Å². The topological polar surface area (TPSA) is 69.0 Å². The van der Waals surface area contributed by atoms with Gasteiger partial charge in [-0.05, 0) is 36.8 Å². The largest absolute Gasteiger partial charge is 0.462 e. The van der Waals surface area contributed by atoms with Crippen molar-refractivity contribution < 1.29 is 4.42 Å². The molecule has 0 amide bonds. The molecular weight excluding hydrogens is 276 g/mol. The SMILES string of the molecule is Cc1ccc(C2=Cn3ncc(-c4cccc(N)c4)c3NC2)o1. The van der Waals surface area contributed by atoms with E-state index in [1.807, 2.05) is 60.4 Å². The molecule has 0 bridgehead atoms. The van der Waals surface area contributed by atoms with Crippen LogP contribution in [0.1, 0.15) is 11.5 Å². The minimum absolute atomic E-state index is 0.702. The van der Waals surface area contributed by atoms with E-state index < -0.39 is 0 Å². The fourth-order valence-electron chi connectivity index (χ4n) is 2.68. The van der Waals surface area contributed by atoms with E-state index in [9.17, 15) is 0 Å². The number of rotatable bonds is 2. The van der Waals surface area contributed by atoms with Gasteiger partial charge in [-0.1, -0.05) is 12.1 Å². The Hall–Kier alpha value is -2.95. The molecule has 0 saturated heterocycles. The Kier molecular flexibility index (Phi) is 2.79. The van der Waals surface area contributed by atoms with E-state index in [2.05, 4.69) is 10.4 Å². The molecule has 1 aliphatic heterocycles. The van der Waals surface area contributed by atoms with Crippen LogP contribution in [0.25, 0.3) is 22.9 Å². The van der Waals surface area contributed by atoms with Crippen LogP contribution in [0.4, 0.5) is 11.5 Å². The summed E-state index contributed by atoms with van der Waals surface area (Å²) >= 11 is 0. The molecule has 0 atom stereocenters. The lowest BCUT2D eigenvalue weighted by molar-refractivity contribution is 0.520. The lowest BCUT2D eigenvalue weighted by Gasteiger charge is -2.17. The molecule has 0 radical (unpaired) electrons. The molecule has 1 aliphatic rings. The van der Waals surface area contributed by atoms with Gasteiger partial charge in [0.2, 0.25) is 0 Å². The van der Waals surface area contributed by atoms with Crippen molar-refractivity contribution in [3.8, 4) is 11.1 Å². The monoisotopic (exact) mass is 292 g/mol. The Morgan fingerprint density at radius 1 is 1.27 bits per heavy atom. The fourth-order valence-corrected chi connectivity index (χ4v) is 2.68. The number of nitrogens with two attached hydrogens (primary N) is 1. The van der Waals surface area contributed by atoms with Crippen molar-refractivity contribution in [3.05, 3.63) is 54.1 Å². The molecule has 4 rings (SSSR count). The third kappa shape index (κ3) is 2.07. The molecule has 1 aromatic carbocycles. The number of anilines is 2. The van der Waals surface area contributed by atoms with Gasteiger partial charge in [0, 0.05) is 29.6 Å². The molecule has 22 heavy (non-hydrogen) atoms. The van der Waals surface area contributed by atoms with Gasteiger partial charge in [0.05, 0.1) is 6.20 Å². The molecule has 5 heteroatoms. The van der Waals surface area contributed by atoms with Crippen LogP contribution < -0.4 is 11.1 Å². The van der Waals surface area contributed by atoms with E-state index in [0.717, 1.165) is 39.7 Å². The maximum absolute atomic E-state index is 5.87. The van der Waals surface area contributed by atoms with Crippen LogP contribution in [0.2, 0.25) is 0 Å². The van der Waals surface area contributed by atoms with Crippen LogP contribution in [0.5, 0.6) is 0 Å². The average molecular weight is 292 g/mol. The van der Waals surface area contributed by atoms with Crippen LogP contribution in [-0.2, 0) is 0 Å². The quantitative estimate of drug-likeness (QED) is 0.710.